The van der Waals surface area contributed by atoms with E-state index >= 15 is 0 Å². The predicted molar refractivity (Wildman–Crippen MR) is 124 cm³/mol. The number of hydrogen-bond acceptors (Lipinski definition) is 5. The van der Waals surface area contributed by atoms with Crippen molar-refractivity contribution in [2.75, 3.05) is 18.0 Å². The third-order valence-electron chi connectivity index (χ3n) is 5.67. The molecule has 0 bridgehead atoms. The van der Waals surface area contributed by atoms with Gasteiger partial charge in [0.1, 0.15) is 0 Å². The highest BCUT2D eigenvalue weighted by Gasteiger charge is 2.33. The van der Waals surface area contributed by atoms with Crippen molar-refractivity contribution in [2.45, 2.75) is 12.8 Å². The van der Waals surface area contributed by atoms with Crippen LogP contribution >= 0.6 is 0 Å². The minimum atomic E-state index is -0.317. The van der Waals surface area contributed by atoms with E-state index < -0.39 is 0 Å². The molecule has 0 amide bonds. The number of hydrogen-bond donors (Lipinski definition) is 0. The zero-order valence-electron chi connectivity index (χ0n) is 17.0. The van der Waals surface area contributed by atoms with Gasteiger partial charge in [-0.15, -0.1) is 0 Å². The van der Waals surface area contributed by atoms with Crippen molar-refractivity contribution in [2.24, 2.45) is 4.99 Å². The van der Waals surface area contributed by atoms with Crippen molar-refractivity contribution in [3.8, 4) is 11.1 Å². The maximum atomic E-state index is 11.6. The van der Waals surface area contributed by atoms with Gasteiger partial charge in [0.15, 0.2) is 0 Å². The second kappa shape index (κ2) is 8.07. The van der Waals surface area contributed by atoms with Crippen LogP contribution in [0, 0.1) is 10.1 Å². The molecule has 2 heterocycles. The molecule has 6 nitrogen and oxygen atoms in total. The molecule has 0 saturated carbocycles. The number of fused-ring (bicyclic) bond motifs is 1. The molecule has 0 aromatic heterocycles. The lowest BCUT2D eigenvalue weighted by Crippen LogP contribution is -2.34. The Kier molecular flexibility index (Phi) is 4.96. The SMILES string of the molecule is O=[N+]([O-])c1ccccc1C1=CN(c2ccc(-c3ccccc3)cc2)C2=NCCCCN12. The fourth-order valence-electron chi connectivity index (χ4n) is 4.13. The minimum Gasteiger partial charge on any atom is -0.310 e. The van der Waals surface area contributed by atoms with Crippen LogP contribution in [0.25, 0.3) is 16.8 Å². The number of aliphatic imine (C=N–C) groups is 1. The quantitative estimate of drug-likeness (QED) is 0.419. The molecule has 0 saturated heterocycles. The van der Waals surface area contributed by atoms with Gasteiger partial charge in [-0.25, -0.2) is 0 Å². The molecule has 0 unspecified atom stereocenters. The Hall–Kier alpha value is -3.93. The van der Waals surface area contributed by atoms with E-state index in [1.165, 1.54) is 5.56 Å². The van der Waals surface area contributed by atoms with Crippen molar-refractivity contribution in [1.82, 2.24) is 4.90 Å². The van der Waals surface area contributed by atoms with Crippen LogP contribution in [0.3, 0.4) is 0 Å². The highest BCUT2D eigenvalue weighted by atomic mass is 16.6. The fourth-order valence-corrected chi connectivity index (χ4v) is 4.13. The molecule has 0 fully saturated rings. The second-order valence-electron chi connectivity index (χ2n) is 7.61. The molecule has 31 heavy (non-hydrogen) atoms. The molecule has 0 radical (unpaired) electrons. The lowest BCUT2D eigenvalue weighted by atomic mass is 10.1. The first-order chi connectivity index (χ1) is 15.2. The van der Waals surface area contributed by atoms with Crippen LogP contribution in [0.2, 0.25) is 0 Å². The molecule has 2 aliphatic rings. The molecule has 2 aliphatic heterocycles. The maximum Gasteiger partial charge on any atom is 0.278 e. The van der Waals surface area contributed by atoms with Gasteiger partial charge in [0.05, 0.1) is 16.2 Å². The number of guanidine groups is 1. The Labute approximate surface area is 180 Å². The zero-order chi connectivity index (χ0) is 21.2. The number of nitro groups is 1. The van der Waals surface area contributed by atoms with Gasteiger partial charge in [-0.05, 0) is 42.2 Å². The summed E-state index contributed by atoms with van der Waals surface area (Å²) in [4.78, 5) is 20.3. The summed E-state index contributed by atoms with van der Waals surface area (Å²) in [5.74, 6) is 0.832. The Morgan fingerprint density at radius 2 is 1.55 bits per heavy atom. The first-order valence-corrected chi connectivity index (χ1v) is 10.4. The van der Waals surface area contributed by atoms with Gasteiger partial charge in [-0.1, -0.05) is 54.6 Å². The van der Waals surface area contributed by atoms with Crippen molar-refractivity contribution < 1.29 is 4.92 Å². The number of anilines is 1. The van der Waals surface area contributed by atoms with Crippen LogP contribution < -0.4 is 4.90 Å². The van der Waals surface area contributed by atoms with Crippen molar-refractivity contribution in [1.29, 1.82) is 0 Å². The van der Waals surface area contributed by atoms with Crippen molar-refractivity contribution in [3.63, 3.8) is 0 Å². The van der Waals surface area contributed by atoms with Crippen LogP contribution in [0.5, 0.6) is 0 Å². The first kappa shape index (κ1) is 19.1. The van der Waals surface area contributed by atoms with Gasteiger partial charge >= 0.3 is 0 Å². The predicted octanol–water partition coefficient (Wildman–Crippen LogP) is 5.53. The van der Waals surface area contributed by atoms with Crippen LogP contribution in [-0.2, 0) is 0 Å². The van der Waals surface area contributed by atoms with Gasteiger partial charge in [-0.2, -0.15) is 0 Å². The Balaban J connectivity index is 1.56. The normalized spacial score (nSPS) is 15.7. The van der Waals surface area contributed by atoms with E-state index in [1.807, 2.05) is 41.4 Å². The number of nitro benzene ring substituents is 1. The zero-order valence-corrected chi connectivity index (χ0v) is 17.0. The summed E-state index contributed by atoms with van der Waals surface area (Å²) in [5, 5.41) is 11.6. The molecule has 6 heteroatoms. The Bertz CT molecular complexity index is 1170. The van der Waals surface area contributed by atoms with Gasteiger partial charge in [0, 0.05) is 31.0 Å². The fraction of sp³-hybridized carbons (Fsp3) is 0.160. The molecule has 0 aliphatic carbocycles. The van der Waals surface area contributed by atoms with Crippen LogP contribution in [0.4, 0.5) is 11.4 Å². The lowest BCUT2D eigenvalue weighted by Gasteiger charge is -2.24. The van der Waals surface area contributed by atoms with E-state index in [1.54, 1.807) is 12.1 Å². The van der Waals surface area contributed by atoms with Crippen molar-refractivity contribution in [3.05, 3.63) is 101 Å². The third kappa shape index (κ3) is 3.57. The average molecular weight is 410 g/mol. The highest BCUT2D eigenvalue weighted by Crippen LogP contribution is 2.37. The van der Waals surface area contributed by atoms with E-state index in [9.17, 15) is 10.1 Å². The van der Waals surface area contributed by atoms with E-state index in [-0.39, 0.29) is 10.6 Å². The summed E-state index contributed by atoms with van der Waals surface area (Å²) in [6.45, 7) is 1.54. The molecule has 154 valence electrons. The monoisotopic (exact) mass is 410 g/mol. The van der Waals surface area contributed by atoms with Gasteiger partial charge in [0.2, 0.25) is 5.96 Å². The van der Waals surface area contributed by atoms with Gasteiger partial charge < -0.3 is 4.90 Å². The van der Waals surface area contributed by atoms with Gasteiger partial charge in [0.25, 0.3) is 5.69 Å². The summed E-state index contributed by atoms with van der Waals surface area (Å²) >= 11 is 0. The molecule has 3 aromatic rings. The second-order valence-corrected chi connectivity index (χ2v) is 7.61. The van der Waals surface area contributed by atoms with E-state index in [4.69, 9.17) is 4.99 Å². The van der Waals surface area contributed by atoms with E-state index in [0.29, 0.717) is 5.56 Å². The molecular weight excluding hydrogens is 388 g/mol. The molecule has 0 N–H and O–H groups in total. The standard InChI is InChI=1S/C25H22N4O2/c30-29(31)23-11-5-4-10-22(23)24-18-28(25-26-16-6-7-17-27(24)25)21-14-12-20(13-15-21)19-8-2-1-3-9-19/h1-5,8-15,18H,6-7,16-17H2. The summed E-state index contributed by atoms with van der Waals surface area (Å²) in [6.07, 6.45) is 3.97. The largest absolute Gasteiger partial charge is 0.310 e. The number of benzene rings is 3. The topological polar surface area (TPSA) is 62.0 Å². The summed E-state index contributed by atoms with van der Waals surface area (Å²) in [5.41, 5.74) is 4.84. The summed E-state index contributed by atoms with van der Waals surface area (Å²) in [7, 11) is 0. The van der Waals surface area contributed by atoms with E-state index in [2.05, 4.69) is 41.3 Å². The Morgan fingerprint density at radius 3 is 2.32 bits per heavy atom. The van der Waals surface area contributed by atoms with Crippen LogP contribution in [-0.4, -0.2) is 28.9 Å². The number of rotatable bonds is 4. The Morgan fingerprint density at radius 1 is 0.839 bits per heavy atom. The number of nitrogens with zero attached hydrogens (tertiary/aromatic N) is 4. The van der Waals surface area contributed by atoms with Crippen LogP contribution in [0.15, 0.2) is 90.1 Å². The summed E-state index contributed by atoms with van der Waals surface area (Å²) in [6, 6.07) is 25.5. The maximum absolute atomic E-state index is 11.6. The minimum absolute atomic E-state index is 0.110. The van der Waals surface area contributed by atoms with E-state index in [0.717, 1.165) is 48.8 Å². The molecule has 0 spiro atoms. The molecular formula is C25H22N4O2. The van der Waals surface area contributed by atoms with Gasteiger partial charge in [-0.3, -0.25) is 20.0 Å². The average Bonchev–Trinajstić information content (AvgIpc) is 3.00. The molecule has 5 rings (SSSR count). The highest BCUT2D eigenvalue weighted by molar-refractivity contribution is 6.08. The smallest absolute Gasteiger partial charge is 0.278 e. The van der Waals surface area contributed by atoms with Crippen LogP contribution in [0.1, 0.15) is 18.4 Å². The third-order valence-corrected chi connectivity index (χ3v) is 5.67. The molecule has 0 atom stereocenters. The number of para-hydroxylation sites is 1. The lowest BCUT2D eigenvalue weighted by molar-refractivity contribution is -0.385. The first-order valence-electron chi connectivity index (χ1n) is 10.4. The summed E-state index contributed by atoms with van der Waals surface area (Å²) < 4.78 is 0. The van der Waals surface area contributed by atoms with Crippen molar-refractivity contribution >= 4 is 23.0 Å². The molecule has 3 aromatic carbocycles.